The van der Waals surface area contributed by atoms with Gasteiger partial charge in [0.15, 0.2) is 6.61 Å². The van der Waals surface area contributed by atoms with Crippen LogP contribution in [0.25, 0.3) is 0 Å². The standard InChI is InChI=1S/C29H34ClN3O2/c1-21(2)26-13-8-22(3)18-28(26)35-20-29(34)31-24-9-11-25(12-10-24)33-16-14-32(15-17-33)19-23-6-4-5-7-27(23)30/h4-13,18,21H,14-17,19-20H2,1-3H3,(H,31,34). The third kappa shape index (κ3) is 6.77. The van der Waals surface area contributed by atoms with E-state index in [4.69, 9.17) is 16.3 Å². The Morgan fingerprint density at radius 1 is 1.00 bits per heavy atom. The summed E-state index contributed by atoms with van der Waals surface area (Å²) in [6.45, 7) is 11.0. The van der Waals surface area contributed by atoms with Crippen LogP contribution in [-0.4, -0.2) is 43.6 Å². The van der Waals surface area contributed by atoms with E-state index in [0.717, 1.165) is 66.0 Å². The molecule has 6 heteroatoms. The zero-order chi connectivity index (χ0) is 24.8. The summed E-state index contributed by atoms with van der Waals surface area (Å²) in [4.78, 5) is 17.3. The largest absolute Gasteiger partial charge is 0.483 e. The zero-order valence-electron chi connectivity index (χ0n) is 20.8. The average molecular weight is 492 g/mol. The van der Waals surface area contributed by atoms with Crippen molar-refractivity contribution in [1.29, 1.82) is 0 Å². The lowest BCUT2D eigenvalue weighted by Crippen LogP contribution is -2.46. The predicted molar refractivity (Wildman–Crippen MR) is 145 cm³/mol. The Balaban J connectivity index is 1.26. The van der Waals surface area contributed by atoms with Crippen LogP contribution in [0.4, 0.5) is 11.4 Å². The number of hydrogen-bond donors (Lipinski definition) is 1. The van der Waals surface area contributed by atoms with Crippen LogP contribution in [0.5, 0.6) is 5.75 Å². The van der Waals surface area contributed by atoms with Gasteiger partial charge in [-0.05, 0) is 65.9 Å². The number of carbonyl (C=O) groups is 1. The van der Waals surface area contributed by atoms with Crippen LogP contribution in [0.1, 0.15) is 36.5 Å². The summed E-state index contributed by atoms with van der Waals surface area (Å²) < 4.78 is 5.86. The summed E-state index contributed by atoms with van der Waals surface area (Å²) in [6, 6.07) is 22.2. The lowest BCUT2D eigenvalue weighted by Gasteiger charge is -2.36. The van der Waals surface area contributed by atoms with E-state index < -0.39 is 0 Å². The molecule has 5 nitrogen and oxygen atoms in total. The number of nitrogens with one attached hydrogen (secondary N) is 1. The molecule has 1 N–H and O–H groups in total. The first-order valence-corrected chi connectivity index (χ1v) is 12.6. The molecule has 0 saturated carbocycles. The van der Waals surface area contributed by atoms with Gasteiger partial charge in [0.05, 0.1) is 0 Å². The Kier molecular flexibility index (Phi) is 8.32. The minimum atomic E-state index is -0.165. The zero-order valence-corrected chi connectivity index (χ0v) is 21.5. The van der Waals surface area contributed by atoms with Gasteiger partial charge >= 0.3 is 0 Å². The van der Waals surface area contributed by atoms with Crippen molar-refractivity contribution in [3.63, 3.8) is 0 Å². The molecule has 0 atom stereocenters. The first-order chi connectivity index (χ1) is 16.9. The van der Waals surface area contributed by atoms with E-state index in [9.17, 15) is 4.79 Å². The molecule has 0 aromatic heterocycles. The topological polar surface area (TPSA) is 44.8 Å². The highest BCUT2D eigenvalue weighted by atomic mass is 35.5. The molecule has 0 aliphatic carbocycles. The van der Waals surface area contributed by atoms with Crippen molar-refractivity contribution < 1.29 is 9.53 Å². The van der Waals surface area contributed by atoms with Gasteiger partial charge in [0, 0.05) is 49.1 Å². The van der Waals surface area contributed by atoms with Crippen molar-refractivity contribution in [2.75, 3.05) is 43.0 Å². The number of piperazine rings is 1. The molecule has 1 heterocycles. The highest BCUT2D eigenvalue weighted by molar-refractivity contribution is 6.31. The Labute approximate surface area is 213 Å². The van der Waals surface area contributed by atoms with Gasteiger partial charge in [0.25, 0.3) is 5.91 Å². The number of hydrogen-bond acceptors (Lipinski definition) is 4. The molecular weight excluding hydrogens is 458 g/mol. The molecule has 1 amide bonds. The van der Waals surface area contributed by atoms with Crippen LogP contribution >= 0.6 is 11.6 Å². The van der Waals surface area contributed by atoms with Gasteiger partial charge in [-0.15, -0.1) is 0 Å². The Morgan fingerprint density at radius 3 is 2.40 bits per heavy atom. The molecule has 0 bridgehead atoms. The number of aryl methyl sites for hydroxylation is 1. The monoisotopic (exact) mass is 491 g/mol. The third-order valence-corrected chi connectivity index (χ3v) is 6.76. The first-order valence-electron chi connectivity index (χ1n) is 12.2. The number of halogens is 1. The predicted octanol–water partition coefficient (Wildman–Crippen LogP) is 6.11. The van der Waals surface area contributed by atoms with Crippen molar-refractivity contribution in [2.45, 2.75) is 33.2 Å². The van der Waals surface area contributed by atoms with E-state index in [-0.39, 0.29) is 12.5 Å². The van der Waals surface area contributed by atoms with Crippen molar-refractivity contribution in [3.8, 4) is 5.75 Å². The molecular formula is C29H34ClN3O2. The van der Waals surface area contributed by atoms with Crippen molar-refractivity contribution in [2.24, 2.45) is 0 Å². The highest BCUT2D eigenvalue weighted by Crippen LogP contribution is 2.27. The second-order valence-electron chi connectivity index (χ2n) is 9.43. The van der Waals surface area contributed by atoms with Crippen LogP contribution in [0.2, 0.25) is 5.02 Å². The number of carbonyl (C=O) groups excluding carboxylic acids is 1. The van der Waals surface area contributed by atoms with Gasteiger partial charge in [0.1, 0.15) is 5.75 Å². The van der Waals surface area contributed by atoms with E-state index in [2.05, 4.69) is 59.3 Å². The quantitative estimate of drug-likeness (QED) is 0.413. The van der Waals surface area contributed by atoms with E-state index >= 15 is 0 Å². The maximum atomic E-state index is 12.5. The molecule has 3 aromatic rings. The molecule has 1 fully saturated rings. The molecule has 4 rings (SSSR count). The summed E-state index contributed by atoms with van der Waals surface area (Å²) >= 11 is 6.32. The fourth-order valence-corrected chi connectivity index (χ4v) is 4.57. The number of ether oxygens (including phenoxy) is 1. The fraction of sp³-hybridized carbons (Fsp3) is 0.345. The van der Waals surface area contributed by atoms with Gasteiger partial charge in [-0.3, -0.25) is 9.69 Å². The molecule has 3 aromatic carbocycles. The van der Waals surface area contributed by atoms with Crippen LogP contribution in [0.3, 0.4) is 0 Å². The molecule has 0 spiro atoms. The fourth-order valence-electron chi connectivity index (χ4n) is 4.37. The molecule has 1 aliphatic heterocycles. The Bertz CT molecular complexity index is 1140. The summed E-state index contributed by atoms with van der Waals surface area (Å²) in [5.74, 6) is 0.945. The summed E-state index contributed by atoms with van der Waals surface area (Å²) in [5, 5.41) is 3.77. The van der Waals surface area contributed by atoms with Crippen LogP contribution < -0.4 is 15.0 Å². The van der Waals surface area contributed by atoms with Gasteiger partial charge in [-0.2, -0.15) is 0 Å². The maximum absolute atomic E-state index is 12.5. The third-order valence-electron chi connectivity index (χ3n) is 6.39. The Morgan fingerprint density at radius 2 is 1.71 bits per heavy atom. The molecule has 0 radical (unpaired) electrons. The number of anilines is 2. The van der Waals surface area contributed by atoms with Gasteiger partial charge in [-0.1, -0.05) is 55.8 Å². The number of nitrogens with zero attached hydrogens (tertiary/aromatic N) is 2. The van der Waals surface area contributed by atoms with E-state index in [1.165, 1.54) is 5.56 Å². The molecule has 35 heavy (non-hydrogen) atoms. The number of benzene rings is 3. The lowest BCUT2D eigenvalue weighted by molar-refractivity contribution is -0.118. The van der Waals surface area contributed by atoms with E-state index in [1.54, 1.807) is 0 Å². The number of rotatable bonds is 8. The maximum Gasteiger partial charge on any atom is 0.262 e. The lowest BCUT2D eigenvalue weighted by atomic mass is 10.0. The SMILES string of the molecule is Cc1ccc(C(C)C)c(OCC(=O)Nc2ccc(N3CCN(Cc4ccccc4Cl)CC3)cc2)c1. The highest BCUT2D eigenvalue weighted by Gasteiger charge is 2.18. The van der Waals surface area contributed by atoms with Gasteiger partial charge < -0.3 is 15.0 Å². The summed E-state index contributed by atoms with van der Waals surface area (Å²) in [7, 11) is 0. The van der Waals surface area contributed by atoms with Crippen molar-refractivity contribution in [3.05, 3.63) is 88.4 Å². The second kappa shape index (κ2) is 11.6. The van der Waals surface area contributed by atoms with Crippen LogP contribution in [0.15, 0.2) is 66.7 Å². The summed E-state index contributed by atoms with van der Waals surface area (Å²) in [6.07, 6.45) is 0. The van der Waals surface area contributed by atoms with E-state index in [1.807, 2.05) is 43.3 Å². The smallest absolute Gasteiger partial charge is 0.262 e. The molecule has 1 saturated heterocycles. The van der Waals surface area contributed by atoms with Gasteiger partial charge in [0.2, 0.25) is 0 Å². The minimum absolute atomic E-state index is 0.0156. The molecule has 0 unspecified atom stereocenters. The molecule has 1 aliphatic rings. The first kappa shape index (κ1) is 25.1. The van der Waals surface area contributed by atoms with Gasteiger partial charge in [-0.25, -0.2) is 0 Å². The normalized spacial score (nSPS) is 14.3. The van der Waals surface area contributed by atoms with Crippen molar-refractivity contribution >= 4 is 28.9 Å². The van der Waals surface area contributed by atoms with Crippen LogP contribution in [-0.2, 0) is 11.3 Å². The summed E-state index contributed by atoms with van der Waals surface area (Å²) in [5.41, 5.74) is 5.34. The van der Waals surface area contributed by atoms with E-state index in [0.29, 0.717) is 5.92 Å². The Hall–Kier alpha value is -3.02. The van der Waals surface area contributed by atoms with Crippen molar-refractivity contribution in [1.82, 2.24) is 4.90 Å². The average Bonchev–Trinajstić information content (AvgIpc) is 2.85. The molecule has 184 valence electrons. The van der Waals surface area contributed by atoms with Crippen LogP contribution in [0, 0.1) is 6.92 Å². The number of amides is 1. The minimum Gasteiger partial charge on any atom is -0.483 e. The second-order valence-corrected chi connectivity index (χ2v) is 9.84.